The van der Waals surface area contributed by atoms with Gasteiger partial charge < -0.3 is 14.8 Å². The van der Waals surface area contributed by atoms with Gasteiger partial charge in [-0.05, 0) is 69.2 Å². The molecule has 1 fully saturated rings. The van der Waals surface area contributed by atoms with Crippen molar-refractivity contribution in [2.24, 2.45) is 5.92 Å². The third-order valence-corrected chi connectivity index (χ3v) is 7.81. The van der Waals surface area contributed by atoms with Crippen molar-refractivity contribution >= 4 is 39.1 Å². The Morgan fingerprint density at radius 3 is 2.55 bits per heavy atom. The van der Waals surface area contributed by atoms with E-state index in [0.29, 0.717) is 53.9 Å². The second kappa shape index (κ2) is 11.1. The summed E-state index contributed by atoms with van der Waals surface area (Å²) in [6.45, 7) is 4.97. The Morgan fingerprint density at radius 2 is 1.94 bits per heavy atom. The van der Waals surface area contributed by atoms with Crippen LogP contribution in [-0.4, -0.2) is 52.0 Å². The van der Waals surface area contributed by atoms with E-state index in [1.807, 2.05) is 6.92 Å². The van der Waals surface area contributed by atoms with Gasteiger partial charge >= 0.3 is 10.2 Å². The van der Waals surface area contributed by atoms with Crippen LogP contribution in [-0.2, 0) is 15.0 Å². The fourth-order valence-corrected chi connectivity index (χ4v) is 5.83. The van der Waals surface area contributed by atoms with Crippen LogP contribution in [0.3, 0.4) is 0 Å². The van der Waals surface area contributed by atoms with Crippen LogP contribution in [0.5, 0.6) is 11.5 Å². The Kier molecular flexibility index (Phi) is 8.45. The van der Waals surface area contributed by atoms with Gasteiger partial charge in [0.1, 0.15) is 11.5 Å². The number of nitrogens with zero attached hydrogens (tertiary/aromatic N) is 2. The number of carbonyl (C=O) groups excluding carboxylic acids is 1. The Balaban J connectivity index is 1.72. The van der Waals surface area contributed by atoms with E-state index >= 15 is 0 Å². The normalized spacial score (nSPS) is 16.8. The maximum atomic E-state index is 13.4. The van der Waals surface area contributed by atoms with Crippen molar-refractivity contribution in [1.82, 2.24) is 4.31 Å². The quantitative estimate of drug-likeness (QED) is 0.564. The predicted molar refractivity (Wildman–Crippen MR) is 130 cm³/mol. The molecule has 8 nitrogen and oxygen atoms in total. The van der Waals surface area contributed by atoms with E-state index < -0.39 is 16.1 Å². The molecular formula is C23H30ClN3O5S. The number of nitrogens with one attached hydrogen (secondary N) is 1. The molecule has 1 heterocycles. The van der Waals surface area contributed by atoms with Gasteiger partial charge in [0.15, 0.2) is 0 Å². The number of piperidine rings is 1. The lowest BCUT2D eigenvalue weighted by atomic mass is 9.99. The summed E-state index contributed by atoms with van der Waals surface area (Å²) in [4.78, 5) is 12.9. The molecule has 10 heteroatoms. The minimum Gasteiger partial charge on any atom is -0.495 e. The van der Waals surface area contributed by atoms with Gasteiger partial charge in [-0.2, -0.15) is 12.7 Å². The number of halogens is 1. The van der Waals surface area contributed by atoms with Gasteiger partial charge in [-0.25, -0.2) is 0 Å². The van der Waals surface area contributed by atoms with Crippen molar-refractivity contribution in [2.45, 2.75) is 26.7 Å². The van der Waals surface area contributed by atoms with Crippen molar-refractivity contribution in [3.05, 3.63) is 47.5 Å². The third kappa shape index (κ3) is 5.90. The highest BCUT2D eigenvalue weighted by Gasteiger charge is 2.35. The van der Waals surface area contributed by atoms with Gasteiger partial charge in [0.05, 0.1) is 30.3 Å². The van der Waals surface area contributed by atoms with Gasteiger partial charge in [-0.3, -0.25) is 9.10 Å². The summed E-state index contributed by atoms with van der Waals surface area (Å²) in [5.41, 5.74) is 1.09. The topological polar surface area (TPSA) is 88.2 Å². The van der Waals surface area contributed by atoms with Gasteiger partial charge in [0, 0.05) is 25.3 Å². The molecule has 3 rings (SSSR count). The Labute approximate surface area is 200 Å². The zero-order chi connectivity index (χ0) is 24.0. The summed E-state index contributed by atoms with van der Waals surface area (Å²) < 4.78 is 40.2. The predicted octanol–water partition coefficient (Wildman–Crippen LogP) is 4.17. The highest BCUT2D eigenvalue weighted by Crippen LogP contribution is 2.29. The molecule has 1 atom stereocenters. The standard InChI is InChI=1S/C23H30ClN3O5S/c1-4-27(19-9-11-20(12-10-19)32-5-2)33(29,30)26-14-6-7-17(16-26)23(28)25-18-8-13-22(31-3)21(24)15-18/h8-13,15,17H,4-7,14,16H2,1-3H3,(H,25,28)/t17-/m0/s1. The van der Waals surface area contributed by atoms with Crippen molar-refractivity contribution < 1.29 is 22.7 Å². The summed E-state index contributed by atoms with van der Waals surface area (Å²) in [6.07, 6.45) is 1.21. The molecule has 0 bridgehead atoms. The monoisotopic (exact) mass is 495 g/mol. The van der Waals surface area contributed by atoms with E-state index in [2.05, 4.69) is 5.32 Å². The van der Waals surface area contributed by atoms with Gasteiger partial charge in [-0.15, -0.1) is 0 Å². The molecule has 0 saturated carbocycles. The van der Waals surface area contributed by atoms with Gasteiger partial charge in [0.25, 0.3) is 0 Å². The number of methoxy groups -OCH3 is 1. The number of hydrogen-bond donors (Lipinski definition) is 1. The molecule has 0 aromatic heterocycles. The maximum Gasteiger partial charge on any atom is 0.304 e. The largest absolute Gasteiger partial charge is 0.495 e. The Morgan fingerprint density at radius 1 is 1.21 bits per heavy atom. The molecule has 33 heavy (non-hydrogen) atoms. The molecule has 1 aliphatic rings. The van der Waals surface area contributed by atoms with Crippen molar-refractivity contribution in [3.63, 3.8) is 0 Å². The van der Waals surface area contributed by atoms with Gasteiger partial charge in [-0.1, -0.05) is 11.6 Å². The molecule has 0 spiro atoms. The Hall–Kier alpha value is -2.49. The molecule has 2 aromatic rings. The first-order valence-corrected chi connectivity index (χ1v) is 12.7. The fraction of sp³-hybridized carbons (Fsp3) is 0.435. The van der Waals surface area contributed by atoms with Gasteiger partial charge in [0.2, 0.25) is 5.91 Å². The molecule has 0 unspecified atom stereocenters. The van der Waals surface area contributed by atoms with E-state index in [9.17, 15) is 13.2 Å². The lowest BCUT2D eigenvalue weighted by molar-refractivity contribution is -0.120. The van der Waals surface area contributed by atoms with Crippen molar-refractivity contribution in [1.29, 1.82) is 0 Å². The average molecular weight is 496 g/mol. The molecule has 0 aliphatic carbocycles. The Bertz CT molecular complexity index is 1060. The highest BCUT2D eigenvalue weighted by atomic mass is 35.5. The van der Waals surface area contributed by atoms with Crippen LogP contribution >= 0.6 is 11.6 Å². The molecular weight excluding hydrogens is 466 g/mol. The summed E-state index contributed by atoms with van der Waals surface area (Å²) in [5, 5.41) is 3.23. The zero-order valence-electron chi connectivity index (χ0n) is 19.1. The van der Waals surface area contributed by atoms with E-state index in [0.717, 1.165) is 0 Å². The molecule has 1 N–H and O–H groups in total. The first-order valence-electron chi connectivity index (χ1n) is 10.9. The van der Waals surface area contributed by atoms with Crippen LogP contribution in [0.2, 0.25) is 5.02 Å². The van der Waals surface area contributed by atoms with Crippen molar-refractivity contribution in [2.75, 3.05) is 43.0 Å². The van der Waals surface area contributed by atoms with Crippen LogP contribution in [0.25, 0.3) is 0 Å². The van der Waals surface area contributed by atoms with Crippen LogP contribution in [0, 0.1) is 5.92 Å². The number of anilines is 2. The number of amides is 1. The highest BCUT2D eigenvalue weighted by molar-refractivity contribution is 7.90. The number of ether oxygens (including phenoxy) is 2. The average Bonchev–Trinajstić information content (AvgIpc) is 2.81. The summed E-state index contributed by atoms with van der Waals surface area (Å²) in [6, 6.07) is 11.9. The molecule has 1 saturated heterocycles. The first kappa shape index (κ1) is 25.1. The number of benzene rings is 2. The molecule has 2 aromatic carbocycles. The smallest absolute Gasteiger partial charge is 0.304 e. The van der Waals surface area contributed by atoms with E-state index in [-0.39, 0.29) is 19.0 Å². The minimum atomic E-state index is -3.80. The second-order valence-electron chi connectivity index (χ2n) is 7.64. The zero-order valence-corrected chi connectivity index (χ0v) is 20.7. The SMILES string of the molecule is CCOc1ccc(N(CC)S(=O)(=O)N2CCC[C@H](C(=O)Nc3ccc(OC)c(Cl)c3)C2)cc1. The summed E-state index contributed by atoms with van der Waals surface area (Å²) in [5.74, 6) is 0.496. The minimum absolute atomic E-state index is 0.117. The molecule has 1 aliphatic heterocycles. The second-order valence-corrected chi connectivity index (χ2v) is 9.90. The van der Waals surface area contributed by atoms with Crippen LogP contribution < -0.4 is 19.1 Å². The van der Waals surface area contributed by atoms with Crippen LogP contribution in [0.4, 0.5) is 11.4 Å². The van der Waals surface area contributed by atoms with E-state index in [4.69, 9.17) is 21.1 Å². The van der Waals surface area contributed by atoms with Crippen molar-refractivity contribution in [3.8, 4) is 11.5 Å². The number of rotatable bonds is 9. The van der Waals surface area contributed by atoms with Crippen LogP contribution in [0.15, 0.2) is 42.5 Å². The van der Waals surface area contributed by atoms with Crippen LogP contribution in [0.1, 0.15) is 26.7 Å². The molecule has 1 amide bonds. The lowest BCUT2D eigenvalue weighted by Crippen LogP contribution is -2.50. The summed E-state index contributed by atoms with van der Waals surface area (Å²) in [7, 11) is -2.28. The third-order valence-electron chi connectivity index (χ3n) is 5.50. The number of hydrogen-bond acceptors (Lipinski definition) is 5. The summed E-state index contributed by atoms with van der Waals surface area (Å²) >= 11 is 6.14. The molecule has 0 radical (unpaired) electrons. The molecule has 180 valence electrons. The fourth-order valence-electron chi connectivity index (χ4n) is 3.85. The lowest BCUT2D eigenvalue weighted by Gasteiger charge is -2.35. The maximum absolute atomic E-state index is 13.4. The van der Waals surface area contributed by atoms with E-state index in [1.165, 1.54) is 15.7 Å². The number of carbonyl (C=O) groups is 1. The van der Waals surface area contributed by atoms with E-state index in [1.54, 1.807) is 49.4 Å². The first-order chi connectivity index (χ1) is 15.8.